The van der Waals surface area contributed by atoms with E-state index in [1.807, 2.05) is 16.3 Å². The van der Waals surface area contributed by atoms with Gasteiger partial charge in [0.1, 0.15) is 10.6 Å². The van der Waals surface area contributed by atoms with Crippen molar-refractivity contribution in [2.24, 2.45) is 0 Å². The zero-order valence-corrected chi connectivity index (χ0v) is 10.9. The maximum Gasteiger partial charge on any atom is 0.225 e. The van der Waals surface area contributed by atoms with E-state index in [4.69, 9.17) is 10.2 Å². The first-order valence-electron chi connectivity index (χ1n) is 5.69. The van der Waals surface area contributed by atoms with Crippen LogP contribution in [0.3, 0.4) is 0 Å². The lowest BCUT2D eigenvalue weighted by molar-refractivity contribution is 0.281. The molecular weight excluding hydrogens is 252 g/mol. The molecule has 0 aromatic carbocycles. The Morgan fingerprint density at radius 3 is 2.61 bits per heavy atom. The van der Waals surface area contributed by atoms with E-state index in [9.17, 15) is 0 Å². The van der Waals surface area contributed by atoms with Gasteiger partial charge in [-0.3, -0.25) is 0 Å². The molecule has 18 heavy (non-hydrogen) atoms. The second kappa shape index (κ2) is 5.94. The van der Waals surface area contributed by atoms with Gasteiger partial charge in [-0.2, -0.15) is 4.98 Å². The molecule has 2 rings (SSSR count). The van der Waals surface area contributed by atoms with Crippen molar-refractivity contribution in [2.45, 2.75) is 0 Å². The fourth-order valence-electron chi connectivity index (χ4n) is 1.76. The Balaban J connectivity index is 2.48. The number of nitrogens with zero attached hydrogens (tertiary/aromatic N) is 3. The standard InChI is InChI=1S/C11H16N4O2S/c1-12-11-13-9(15(3-5-16)4-6-17)8-2-7-18-10(8)14-11/h2,7,16-17H,3-6H2,1H3,(H,12,13,14). The molecule has 2 aromatic rings. The zero-order chi connectivity index (χ0) is 13.0. The van der Waals surface area contributed by atoms with Crippen molar-refractivity contribution in [2.75, 3.05) is 43.6 Å². The molecule has 0 atom stereocenters. The highest BCUT2D eigenvalue weighted by molar-refractivity contribution is 7.16. The smallest absolute Gasteiger partial charge is 0.225 e. The van der Waals surface area contributed by atoms with Crippen LogP contribution in [-0.2, 0) is 0 Å². The Hall–Kier alpha value is -1.44. The summed E-state index contributed by atoms with van der Waals surface area (Å²) in [5.74, 6) is 1.29. The number of rotatable bonds is 6. The quantitative estimate of drug-likeness (QED) is 0.709. The number of fused-ring (bicyclic) bond motifs is 1. The highest BCUT2D eigenvalue weighted by Gasteiger charge is 2.14. The van der Waals surface area contributed by atoms with E-state index in [1.165, 1.54) is 0 Å². The number of hydrogen-bond donors (Lipinski definition) is 3. The average Bonchev–Trinajstić information content (AvgIpc) is 2.85. The molecule has 2 heterocycles. The first-order chi connectivity index (χ1) is 8.80. The maximum atomic E-state index is 9.09. The van der Waals surface area contributed by atoms with Crippen molar-refractivity contribution in [3.05, 3.63) is 11.4 Å². The Morgan fingerprint density at radius 2 is 2.00 bits per heavy atom. The molecule has 6 nitrogen and oxygen atoms in total. The molecule has 0 aliphatic rings. The molecule has 2 aromatic heterocycles. The van der Waals surface area contributed by atoms with Crippen LogP contribution in [0.1, 0.15) is 0 Å². The van der Waals surface area contributed by atoms with E-state index < -0.39 is 0 Å². The summed E-state index contributed by atoms with van der Waals surface area (Å²) in [6.45, 7) is 0.909. The number of thiophene rings is 1. The van der Waals surface area contributed by atoms with Crippen molar-refractivity contribution in [1.82, 2.24) is 9.97 Å². The lowest BCUT2D eigenvalue weighted by Gasteiger charge is -2.22. The van der Waals surface area contributed by atoms with Crippen molar-refractivity contribution in [1.29, 1.82) is 0 Å². The van der Waals surface area contributed by atoms with Crippen LogP contribution in [0.2, 0.25) is 0 Å². The van der Waals surface area contributed by atoms with Gasteiger partial charge in [0, 0.05) is 20.1 Å². The Bertz CT molecular complexity index is 511. The molecule has 0 bridgehead atoms. The maximum absolute atomic E-state index is 9.09. The number of aliphatic hydroxyl groups excluding tert-OH is 2. The first-order valence-corrected chi connectivity index (χ1v) is 6.57. The molecule has 7 heteroatoms. The van der Waals surface area contributed by atoms with Gasteiger partial charge in [-0.25, -0.2) is 4.98 Å². The van der Waals surface area contributed by atoms with Gasteiger partial charge in [-0.05, 0) is 11.4 Å². The summed E-state index contributed by atoms with van der Waals surface area (Å²) in [6.07, 6.45) is 0. The van der Waals surface area contributed by atoms with Gasteiger partial charge in [0.15, 0.2) is 0 Å². The van der Waals surface area contributed by atoms with Crippen LogP contribution in [0.15, 0.2) is 11.4 Å². The summed E-state index contributed by atoms with van der Waals surface area (Å²) in [5, 5.41) is 24.0. The van der Waals surface area contributed by atoms with Crippen molar-refractivity contribution in [3.8, 4) is 0 Å². The van der Waals surface area contributed by atoms with Gasteiger partial charge in [-0.1, -0.05) is 0 Å². The van der Waals surface area contributed by atoms with Gasteiger partial charge >= 0.3 is 0 Å². The van der Waals surface area contributed by atoms with Crippen molar-refractivity contribution in [3.63, 3.8) is 0 Å². The molecule has 98 valence electrons. The second-order valence-corrected chi connectivity index (χ2v) is 4.59. The number of aromatic nitrogens is 2. The van der Waals surface area contributed by atoms with Gasteiger partial charge in [-0.15, -0.1) is 11.3 Å². The van der Waals surface area contributed by atoms with Gasteiger partial charge < -0.3 is 20.4 Å². The molecule has 0 amide bonds. The molecule has 0 spiro atoms. The minimum atomic E-state index is 0.0184. The van der Waals surface area contributed by atoms with E-state index in [1.54, 1.807) is 18.4 Å². The van der Waals surface area contributed by atoms with Crippen LogP contribution >= 0.6 is 11.3 Å². The SMILES string of the molecule is CNc1nc(N(CCO)CCO)c2ccsc2n1. The van der Waals surface area contributed by atoms with E-state index in [-0.39, 0.29) is 13.2 Å². The van der Waals surface area contributed by atoms with E-state index in [0.717, 1.165) is 16.0 Å². The summed E-state index contributed by atoms with van der Waals surface area (Å²) >= 11 is 1.54. The Morgan fingerprint density at radius 1 is 1.28 bits per heavy atom. The number of anilines is 2. The Labute approximate surface area is 109 Å². The van der Waals surface area contributed by atoms with Crippen LogP contribution in [0.25, 0.3) is 10.2 Å². The molecular formula is C11H16N4O2S. The van der Waals surface area contributed by atoms with Crippen LogP contribution in [0, 0.1) is 0 Å². The minimum absolute atomic E-state index is 0.0184. The van der Waals surface area contributed by atoms with Gasteiger partial charge in [0.2, 0.25) is 5.95 Å². The summed E-state index contributed by atoms with van der Waals surface area (Å²) in [6, 6.07) is 1.95. The lowest BCUT2D eigenvalue weighted by atomic mass is 10.3. The third-order valence-electron chi connectivity index (χ3n) is 2.57. The topological polar surface area (TPSA) is 81.5 Å². The third-order valence-corrected chi connectivity index (χ3v) is 3.37. The predicted octanol–water partition coefficient (Wildman–Crippen LogP) is 0.524. The predicted molar refractivity (Wildman–Crippen MR) is 73.3 cm³/mol. The second-order valence-electron chi connectivity index (χ2n) is 3.69. The highest BCUT2D eigenvalue weighted by atomic mass is 32.1. The van der Waals surface area contributed by atoms with E-state index in [2.05, 4.69) is 15.3 Å². The Kier molecular flexibility index (Phi) is 4.29. The lowest BCUT2D eigenvalue weighted by Crippen LogP contribution is -2.30. The average molecular weight is 268 g/mol. The fourth-order valence-corrected chi connectivity index (χ4v) is 2.52. The largest absolute Gasteiger partial charge is 0.395 e. The van der Waals surface area contributed by atoms with Gasteiger partial charge in [0.05, 0.1) is 18.6 Å². The summed E-state index contributed by atoms with van der Waals surface area (Å²) in [7, 11) is 1.76. The summed E-state index contributed by atoms with van der Waals surface area (Å²) in [4.78, 5) is 11.5. The van der Waals surface area contributed by atoms with Crippen LogP contribution in [-0.4, -0.2) is 53.5 Å². The van der Waals surface area contributed by atoms with E-state index in [0.29, 0.717) is 19.0 Å². The molecule has 0 fully saturated rings. The first kappa shape index (κ1) is 13.0. The molecule has 0 aliphatic heterocycles. The fraction of sp³-hybridized carbons (Fsp3) is 0.455. The summed E-state index contributed by atoms with van der Waals surface area (Å²) < 4.78 is 0. The van der Waals surface area contributed by atoms with Gasteiger partial charge in [0.25, 0.3) is 0 Å². The molecule has 0 aliphatic carbocycles. The molecule has 0 radical (unpaired) electrons. The normalized spacial score (nSPS) is 10.8. The van der Waals surface area contributed by atoms with Crippen LogP contribution in [0.5, 0.6) is 0 Å². The number of hydrogen-bond acceptors (Lipinski definition) is 7. The van der Waals surface area contributed by atoms with Crippen LogP contribution in [0.4, 0.5) is 11.8 Å². The van der Waals surface area contributed by atoms with Crippen LogP contribution < -0.4 is 10.2 Å². The molecule has 0 saturated heterocycles. The van der Waals surface area contributed by atoms with Crippen molar-refractivity contribution < 1.29 is 10.2 Å². The highest BCUT2D eigenvalue weighted by Crippen LogP contribution is 2.28. The third kappa shape index (κ3) is 2.53. The molecule has 0 saturated carbocycles. The zero-order valence-electron chi connectivity index (χ0n) is 10.1. The molecule has 3 N–H and O–H groups in total. The number of aliphatic hydroxyl groups is 2. The monoisotopic (exact) mass is 268 g/mol. The number of nitrogens with one attached hydrogen (secondary N) is 1. The van der Waals surface area contributed by atoms with E-state index >= 15 is 0 Å². The van der Waals surface area contributed by atoms with Crippen molar-refractivity contribution >= 4 is 33.3 Å². The molecule has 0 unspecified atom stereocenters. The minimum Gasteiger partial charge on any atom is -0.395 e. The summed E-state index contributed by atoms with van der Waals surface area (Å²) in [5.41, 5.74) is 0.